The van der Waals surface area contributed by atoms with Gasteiger partial charge in [-0.2, -0.15) is 0 Å². The van der Waals surface area contributed by atoms with Crippen molar-refractivity contribution < 1.29 is 14.3 Å². The minimum Gasteiger partial charge on any atom is -0.441 e. The van der Waals surface area contributed by atoms with Crippen molar-refractivity contribution >= 4 is 23.8 Å². The summed E-state index contributed by atoms with van der Waals surface area (Å²) in [5.41, 5.74) is 0.0510. The summed E-state index contributed by atoms with van der Waals surface area (Å²) < 4.78 is 5.76. The van der Waals surface area contributed by atoms with Gasteiger partial charge in [0.1, 0.15) is 5.60 Å². The molecule has 1 aromatic rings. The third-order valence-corrected chi connectivity index (χ3v) is 5.83. The van der Waals surface area contributed by atoms with Gasteiger partial charge in [-0.1, -0.05) is 25.1 Å². The predicted molar refractivity (Wildman–Crippen MR) is 99.2 cm³/mol. The topological polar surface area (TPSA) is 75.6 Å². The number of aromatic nitrogens is 2. The average molecular weight is 378 g/mol. The highest BCUT2D eigenvalue weighted by Gasteiger charge is 2.48. The van der Waals surface area contributed by atoms with Gasteiger partial charge in [0.15, 0.2) is 5.16 Å². The molecule has 142 valence electrons. The largest absolute Gasteiger partial charge is 0.441 e. The highest BCUT2D eigenvalue weighted by Crippen LogP contribution is 2.35. The molecule has 2 aliphatic rings. The molecular formula is C18H26N4O3S. The SMILES string of the molecule is CCC[C@H](C)N1CC2(CCN(C(=O)c3cnc(SC)nc3)CC2)OC1=O. The highest BCUT2D eigenvalue weighted by atomic mass is 32.2. The van der Waals surface area contributed by atoms with Crippen LogP contribution >= 0.6 is 11.8 Å². The van der Waals surface area contributed by atoms with Gasteiger partial charge in [-0.3, -0.25) is 4.79 Å². The van der Waals surface area contributed by atoms with Gasteiger partial charge >= 0.3 is 6.09 Å². The molecule has 0 aromatic carbocycles. The minimum atomic E-state index is -0.449. The molecule has 0 N–H and O–H groups in total. The number of piperidine rings is 1. The van der Waals surface area contributed by atoms with Crippen molar-refractivity contribution in [2.75, 3.05) is 25.9 Å². The van der Waals surface area contributed by atoms with Crippen LogP contribution in [-0.4, -0.2) is 69.3 Å². The molecular weight excluding hydrogens is 352 g/mol. The Bertz CT molecular complexity index is 659. The van der Waals surface area contributed by atoms with E-state index in [0.29, 0.717) is 43.2 Å². The van der Waals surface area contributed by atoms with E-state index in [2.05, 4.69) is 23.8 Å². The fourth-order valence-electron chi connectivity index (χ4n) is 3.65. The van der Waals surface area contributed by atoms with Crippen LogP contribution < -0.4 is 0 Å². The third kappa shape index (κ3) is 3.79. The summed E-state index contributed by atoms with van der Waals surface area (Å²) in [6.07, 6.45) is 8.19. The summed E-state index contributed by atoms with van der Waals surface area (Å²) in [6.45, 7) is 5.97. The highest BCUT2D eigenvalue weighted by molar-refractivity contribution is 7.98. The first-order valence-corrected chi connectivity index (χ1v) is 10.4. The maximum absolute atomic E-state index is 12.6. The smallest absolute Gasteiger partial charge is 0.410 e. The number of carbonyl (C=O) groups excluding carboxylic acids is 2. The summed E-state index contributed by atoms with van der Waals surface area (Å²) in [5, 5.41) is 0.651. The molecule has 2 fully saturated rings. The second-order valence-electron chi connectivity index (χ2n) is 7.07. The summed E-state index contributed by atoms with van der Waals surface area (Å²) in [7, 11) is 0. The second kappa shape index (κ2) is 7.82. The van der Waals surface area contributed by atoms with Crippen molar-refractivity contribution in [3.63, 3.8) is 0 Å². The molecule has 26 heavy (non-hydrogen) atoms. The number of ether oxygens (including phenoxy) is 1. The molecule has 0 unspecified atom stereocenters. The van der Waals surface area contributed by atoms with Crippen molar-refractivity contribution in [1.82, 2.24) is 19.8 Å². The average Bonchev–Trinajstić information content (AvgIpc) is 2.98. The Labute approximate surface area is 158 Å². The monoisotopic (exact) mass is 378 g/mol. The quantitative estimate of drug-likeness (QED) is 0.579. The van der Waals surface area contributed by atoms with Crippen LogP contribution in [-0.2, 0) is 4.74 Å². The maximum atomic E-state index is 12.6. The Morgan fingerprint density at radius 3 is 2.58 bits per heavy atom. The predicted octanol–water partition coefficient (Wildman–Crippen LogP) is 2.81. The van der Waals surface area contributed by atoms with Crippen LogP contribution in [0.1, 0.15) is 49.9 Å². The van der Waals surface area contributed by atoms with Crippen molar-refractivity contribution in [2.24, 2.45) is 0 Å². The molecule has 3 rings (SSSR count). The lowest BCUT2D eigenvalue weighted by Crippen LogP contribution is -2.49. The molecule has 2 amide bonds. The lowest BCUT2D eigenvalue weighted by atomic mass is 9.90. The van der Waals surface area contributed by atoms with Gasteiger partial charge in [0, 0.05) is 44.4 Å². The molecule has 7 nitrogen and oxygen atoms in total. The zero-order valence-corrected chi connectivity index (χ0v) is 16.4. The van der Waals surface area contributed by atoms with Gasteiger partial charge < -0.3 is 14.5 Å². The van der Waals surface area contributed by atoms with Crippen molar-refractivity contribution in [3.8, 4) is 0 Å². The molecule has 0 radical (unpaired) electrons. The molecule has 0 saturated carbocycles. The number of rotatable bonds is 5. The summed E-state index contributed by atoms with van der Waals surface area (Å²) >= 11 is 1.44. The number of nitrogens with zero attached hydrogens (tertiary/aromatic N) is 4. The van der Waals surface area contributed by atoms with Crippen LogP contribution in [0.4, 0.5) is 4.79 Å². The number of amides is 2. The van der Waals surface area contributed by atoms with E-state index in [1.807, 2.05) is 11.2 Å². The molecule has 1 spiro atoms. The van der Waals surface area contributed by atoms with Gasteiger partial charge in [-0.25, -0.2) is 14.8 Å². The van der Waals surface area contributed by atoms with E-state index in [1.165, 1.54) is 11.8 Å². The van der Waals surface area contributed by atoms with E-state index in [9.17, 15) is 9.59 Å². The fourth-order valence-corrected chi connectivity index (χ4v) is 3.97. The van der Waals surface area contributed by atoms with E-state index in [4.69, 9.17) is 4.74 Å². The Morgan fingerprint density at radius 2 is 2.00 bits per heavy atom. The van der Waals surface area contributed by atoms with Crippen molar-refractivity contribution in [2.45, 2.75) is 56.3 Å². The Balaban J connectivity index is 1.60. The second-order valence-corrected chi connectivity index (χ2v) is 7.84. The number of thioether (sulfide) groups is 1. The van der Waals surface area contributed by atoms with Crippen LogP contribution in [0, 0.1) is 0 Å². The van der Waals surface area contributed by atoms with Crippen molar-refractivity contribution in [3.05, 3.63) is 18.0 Å². The normalized spacial score (nSPS) is 20.3. The lowest BCUT2D eigenvalue weighted by molar-refractivity contribution is 0.00304. The fraction of sp³-hybridized carbons (Fsp3) is 0.667. The molecule has 0 aliphatic carbocycles. The van der Waals surface area contributed by atoms with Crippen LogP contribution in [0.5, 0.6) is 0 Å². The first-order valence-electron chi connectivity index (χ1n) is 9.13. The van der Waals surface area contributed by atoms with E-state index in [-0.39, 0.29) is 18.0 Å². The standard InChI is InChI=1S/C18H26N4O3S/c1-4-5-13(2)22-12-18(25-17(22)24)6-8-21(9-7-18)15(23)14-10-19-16(26-3)20-11-14/h10-11,13H,4-9,12H2,1-3H3/t13-/m0/s1. The van der Waals surface area contributed by atoms with E-state index >= 15 is 0 Å². The third-order valence-electron chi connectivity index (χ3n) is 5.25. The van der Waals surface area contributed by atoms with Gasteiger partial charge in [-0.15, -0.1) is 0 Å². The zero-order chi connectivity index (χ0) is 18.7. The summed E-state index contributed by atoms with van der Waals surface area (Å²) in [4.78, 5) is 36.9. The molecule has 2 aliphatic heterocycles. The summed E-state index contributed by atoms with van der Waals surface area (Å²) in [5.74, 6) is -0.0620. The first kappa shape index (κ1) is 18.9. The van der Waals surface area contributed by atoms with Crippen LogP contribution in [0.15, 0.2) is 17.6 Å². The number of carbonyl (C=O) groups is 2. The van der Waals surface area contributed by atoms with E-state index < -0.39 is 5.60 Å². The van der Waals surface area contributed by atoms with Crippen LogP contribution in [0.3, 0.4) is 0 Å². The van der Waals surface area contributed by atoms with Gasteiger partial charge in [0.05, 0.1) is 12.1 Å². The molecule has 0 bridgehead atoms. The van der Waals surface area contributed by atoms with E-state index in [1.54, 1.807) is 17.3 Å². The Kier molecular flexibility index (Phi) is 5.70. The van der Waals surface area contributed by atoms with Gasteiger partial charge in [0.2, 0.25) is 0 Å². The molecule has 3 heterocycles. The number of hydrogen-bond donors (Lipinski definition) is 0. The number of hydrogen-bond acceptors (Lipinski definition) is 6. The van der Waals surface area contributed by atoms with Gasteiger partial charge in [0.25, 0.3) is 5.91 Å². The van der Waals surface area contributed by atoms with Crippen LogP contribution in [0.25, 0.3) is 0 Å². The van der Waals surface area contributed by atoms with E-state index in [0.717, 1.165) is 12.8 Å². The molecule has 8 heteroatoms. The summed E-state index contributed by atoms with van der Waals surface area (Å²) in [6, 6.07) is 0.193. The Morgan fingerprint density at radius 1 is 1.35 bits per heavy atom. The minimum absolute atomic E-state index is 0.0620. The van der Waals surface area contributed by atoms with Crippen molar-refractivity contribution in [1.29, 1.82) is 0 Å². The molecule has 2 saturated heterocycles. The zero-order valence-electron chi connectivity index (χ0n) is 15.6. The van der Waals surface area contributed by atoms with Crippen LogP contribution in [0.2, 0.25) is 0 Å². The number of likely N-dealkylation sites (tertiary alicyclic amines) is 1. The molecule has 1 aromatic heterocycles. The Hall–Kier alpha value is -1.83. The first-order chi connectivity index (χ1) is 12.5. The lowest BCUT2D eigenvalue weighted by Gasteiger charge is -2.37. The van der Waals surface area contributed by atoms with Gasteiger partial charge in [-0.05, 0) is 19.6 Å². The molecule has 1 atom stereocenters. The maximum Gasteiger partial charge on any atom is 0.410 e.